The molecule has 1 aromatic carbocycles. The van der Waals surface area contributed by atoms with Gasteiger partial charge in [-0.3, -0.25) is 9.59 Å². The molecule has 1 aliphatic carbocycles. The number of thiophene rings is 1. The van der Waals surface area contributed by atoms with E-state index in [-0.39, 0.29) is 17.2 Å². The molecule has 0 bridgehead atoms. The zero-order valence-electron chi connectivity index (χ0n) is 18.6. The van der Waals surface area contributed by atoms with Crippen LogP contribution in [0.1, 0.15) is 68.3 Å². The average molecular weight is 429 g/mol. The van der Waals surface area contributed by atoms with Crippen LogP contribution in [0, 0.1) is 11.3 Å². The number of ether oxygens (including phenoxy) is 1. The quantitative estimate of drug-likeness (QED) is 0.602. The van der Waals surface area contributed by atoms with Crippen molar-refractivity contribution in [3.63, 3.8) is 0 Å². The maximum absolute atomic E-state index is 13.2. The fraction of sp³-hybridized carbons (Fsp3) is 0.500. The summed E-state index contributed by atoms with van der Waals surface area (Å²) in [5.74, 6) is 1.10. The van der Waals surface area contributed by atoms with Gasteiger partial charge >= 0.3 is 0 Å². The minimum absolute atomic E-state index is 0.0731. The molecule has 6 heteroatoms. The number of nitrogens with one attached hydrogen (secondary N) is 2. The van der Waals surface area contributed by atoms with Crippen molar-refractivity contribution in [1.82, 2.24) is 0 Å². The van der Waals surface area contributed by atoms with Gasteiger partial charge in [0.2, 0.25) is 5.91 Å². The molecule has 5 nitrogen and oxygen atoms in total. The van der Waals surface area contributed by atoms with Gasteiger partial charge in [-0.05, 0) is 67.3 Å². The van der Waals surface area contributed by atoms with Gasteiger partial charge in [0.25, 0.3) is 5.91 Å². The lowest BCUT2D eigenvalue weighted by atomic mass is 9.72. The van der Waals surface area contributed by atoms with Gasteiger partial charge in [-0.1, -0.05) is 27.7 Å². The standard InChI is InChI=1S/C24H32N2O3S/c1-6-20(27)26-23-21(18-13-8-15(24(3,4)5)14-19(18)30-23)22(28)25-16-9-11-17(12-10-16)29-7-2/h9-12,15H,6-8,13-14H2,1-5H3,(H,25,28)(H,26,27)/t15-/m0/s1. The molecule has 2 aromatic rings. The summed E-state index contributed by atoms with van der Waals surface area (Å²) in [6, 6.07) is 7.36. The number of rotatable bonds is 6. The van der Waals surface area contributed by atoms with Crippen LogP contribution >= 0.6 is 11.3 Å². The molecule has 0 saturated carbocycles. The Balaban J connectivity index is 1.89. The highest BCUT2D eigenvalue weighted by atomic mass is 32.1. The molecule has 0 spiro atoms. The van der Waals surface area contributed by atoms with Gasteiger partial charge in [0.05, 0.1) is 12.2 Å². The van der Waals surface area contributed by atoms with Crippen LogP contribution in [0.15, 0.2) is 24.3 Å². The fourth-order valence-electron chi connectivity index (χ4n) is 3.86. The molecule has 2 N–H and O–H groups in total. The van der Waals surface area contributed by atoms with Crippen LogP contribution in [0.5, 0.6) is 5.75 Å². The van der Waals surface area contributed by atoms with Gasteiger partial charge in [0, 0.05) is 17.0 Å². The van der Waals surface area contributed by atoms with Crippen LogP contribution in [0.25, 0.3) is 0 Å². The number of carbonyl (C=O) groups excluding carboxylic acids is 2. The van der Waals surface area contributed by atoms with Crippen LogP contribution < -0.4 is 15.4 Å². The molecular formula is C24H32N2O3S. The second kappa shape index (κ2) is 9.21. The summed E-state index contributed by atoms with van der Waals surface area (Å²) in [7, 11) is 0. The minimum atomic E-state index is -0.169. The van der Waals surface area contributed by atoms with Gasteiger partial charge in [0.15, 0.2) is 0 Å². The van der Waals surface area contributed by atoms with Crippen LogP contribution in [0.3, 0.4) is 0 Å². The van der Waals surface area contributed by atoms with E-state index in [0.717, 1.165) is 30.6 Å². The number of anilines is 2. The van der Waals surface area contributed by atoms with Gasteiger partial charge in [0.1, 0.15) is 10.8 Å². The van der Waals surface area contributed by atoms with Crippen LogP contribution in [0.2, 0.25) is 0 Å². The maximum Gasteiger partial charge on any atom is 0.258 e. The minimum Gasteiger partial charge on any atom is -0.494 e. The number of fused-ring (bicyclic) bond motifs is 1. The monoisotopic (exact) mass is 428 g/mol. The first-order valence-electron chi connectivity index (χ1n) is 10.7. The highest BCUT2D eigenvalue weighted by Crippen LogP contribution is 2.44. The summed E-state index contributed by atoms with van der Waals surface area (Å²) in [5, 5.41) is 6.63. The third-order valence-corrected chi connectivity index (χ3v) is 6.88. The first kappa shape index (κ1) is 22.3. The first-order chi connectivity index (χ1) is 14.2. The number of hydrogen-bond donors (Lipinski definition) is 2. The number of carbonyl (C=O) groups is 2. The molecule has 1 atom stereocenters. The third-order valence-electron chi connectivity index (χ3n) is 5.71. The normalized spacial score (nSPS) is 16.0. The average Bonchev–Trinajstić information content (AvgIpc) is 3.05. The second-order valence-electron chi connectivity index (χ2n) is 8.83. The SMILES string of the molecule is CCOc1ccc(NC(=O)c2c(NC(=O)CC)sc3c2CC[C@H](C(C)(C)C)C3)cc1. The van der Waals surface area contributed by atoms with Gasteiger partial charge < -0.3 is 15.4 Å². The number of amides is 2. The molecule has 1 aliphatic rings. The molecule has 2 amide bonds. The van der Waals surface area contributed by atoms with Crippen molar-refractivity contribution < 1.29 is 14.3 Å². The van der Waals surface area contributed by atoms with E-state index in [9.17, 15) is 9.59 Å². The predicted molar refractivity (Wildman–Crippen MR) is 124 cm³/mol. The van der Waals surface area contributed by atoms with E-state index >= 15 is 0 Å². The van der Waals surface area contributed by atoms with E-state index in [2.05, 4.69) is 31.4 Å². The van der Waals surface area contributed by atoms with E-state index in [1.165, 1.54) is 4.88 Å². The van der Waals surface area contributed by atoms with Gasteiger partial charge in [-0.25, -0.2) is 0 Å². The molecule has 0 saturated heterocycles. The lowest BCUT2D eigenvalue weighted by Gasteiger charge is -2.33. The Bertz CT molecular complexity index is 910. The Labute approximate surface area is 183 Å². The molecule has 162 valence electrons. The van der Waals surface area contributed by atoms with E-state index in [4.69, 9.17) is 4.74 Å². The van der Waals surface area contributed by atoms with E-state index < -0.39 is 0 Å². The summed E-state index contributed by atoms with van der Waals surface area (Å²) < 4.78 is 5.47. The van der Waals surface area contributed by atoms with Crippen LogP contribution in [-0.4, -0.2) is 18.4 Å². The van der Waals surface area contributed by atoms with E-state index in [1.54, 1.807) is 11.3 Å². The summed E-state index contributed by atoms with van der Waals surface area (Å²) in [6.45, 7) is 11.2. The van der Waals surface area contributed by atoms with Crippen molar-refractivity contribution in [3.8, 4) is 5.75 Å². The Morgan fingerprint density at radius 2 is 1.83 bits per heavy atom. The zero-order chi connectivity index (χ0) is 21.9. The summed E-state index contributed by atoms with van der Waals surface area (Å²) in [6.07, 6.45) is 3.25. The van der Waals surface area contributed by atoms with Crippen molar-refractivity contribution in [1.29, 1.82) is 0 Å². The largest absolute Gasteiger partial charge is 0.494 e. The van der Waals surface area contributed by atoms with Crippen molar-refractivity contribution in [2.75, 3.05) is 17.2 Å². The van der Waals surface area contributed by atoms with E-state index in [0.29, 0.717) is 35.2 Å². The predicted octanol–water partition coefficient (Wildman–Crippen LogP) is 5.90. The second-order valence-corrected chi connectivity index (χ2v) is 9.93. The molecule has 0 unspecified atom stereocenters. The van der Waals surface area contributed by atoms with Gasteiger partial charge in [-0.2, -0.15) is 0 Å². The zero-order valence-corrected chi connectivity index (χ0v) is 19.4. The first-order valence-corrected chi connectivity index (χ1v) is 11.5. The lowest BCUT2D eigenvalue weighted by Crippen LogP contribution is -2.27. The van der Waals surface area contributed by atoms with E-state index in [1.807, 2.05) is 38.1 Å². The summed E-state index contributed by atoms with van der Waals surface area (Å²) >= 11 is 1.56. The Morgan fingerprint density at radius 1 is 1.13 bits per heavy atom. The van der Waals surface area contributed by atoms with Crippen molar-refractivity contribution in [2.45, 2.75) is 60.3 Å². The molecule has 0 fully saturated rings. The Morgan fingerprint density at radius 3 is 2.43 bits per heavy atom. The molecular weight excluding hydrogens is 396 g/mol. The van der Waals surface area contributed by atoms with Crippen LogP contribution in [-0.2, 0) is 17.6 Å². The maximum atomic E-state index is 13.2. The Kier molecular flexibility index (Phi) is 6.86. The van der Waals surface area contributed by atoms with Gasteiger partial charge in [-0.15, -0.1) is 11.3 Å². The molecule has 1 aromatic heterocycles. The topological polar surface area (TPSA) is 67.4 Å². The summed E-state index contributed by atoms with van der Waals surface area (Å²) in [4.78, 5) is 26.6. The fourth-order valence-corrected chi connectivity index (χ4v) is 5.20. The molecule has 3 rings (SSSR count). The highest BCUT2D eigenvalue weighted by molar-refractivity contribution is 7.17. The Hall–Kier alpha value is -2.34. The smallest absolute Gasteiger partial charge is 0.258 e. The molecule has 0 aliphatic heterocycles. The van der Waals surface area contributed by atoms with Crippen molar-refractivity contribution in [2.24, 2.45) is 11.3 Å². The highest BCUT2D eigenvalue weighted by Gasteiger charge is 2.34. The molecule has 1 heterocycles. The number of hydrogen-bond acceptors (Lipinski definition) is 4. The number of benzene rings is 1. The lowest BCUT2D eigenvalue weighted by molar-refractivity contribution is -0.115. The van der Waals surface area contributed by atoms with Crippen molar-refractivity contribution >= 4 is 33.8 Å². The van der Waals surface area contributed by atoms with Crippen LogP contribution in [0.4, 0.5) is 10.7 Å². The third kappa shape index (κ3) is 5.04. The molecule has 0 radical (unpaired) electrons. The summed E-state index contributed by atoms with van der Waals surface area (Å²) in [5.41, 5.74) is 2.65. The van der Waals surface area contributed by atoms with Crippen molar-refractivity contribution in [3.05, 3.63) is 40.3 Å². The molecule has 30 heavy (non-hydrogen) atoms.